The monoisotopic (exact) mass is 314 g/mol. The zero-order chi connectivity index (χ0) is 16.8. The third-order valence-electron chi connectivity index (χ3n) is 3.71. The maximum absolute atomic E-state index is 12.4. The number of nitrogens with two attached hydrogens (primary N) is 1. The van der Waals surface area contributed by atoms with Crippen LogP contribution in [0.1, 0.15) is 35.0 Å². The van der Waals surface area contributed by atoms with Crippen LogP contribution >= 0.6 is 0 Å². The fourth-order valence-corrected chi connectivity index (χ4v) is 2.42. The van der Waals surface area contributed by atoms with Crippen molar-refractivity contribution in [3.05, 3.63) is 53.3 Å². The Bertz CT molecular complexity index is 679. The molecule has 0 saturated heterocycles. The molecule has 0 radical (unpaired) electrons. The molecule has 1 aromatic heterocycles. The summed E-state index contributed by atoms with van der Waals surface area (Å²) < 4.78 is 1.78. The lowest BCUT2D eigenvalue weighted by atomic mass is 10.1. The van der Waals surface area contributed by atoms with E-state index >= 15 is 0 Å². The highest BCUT2D eigenvalue weighted by Gasteiger charge is 2.21. The normalized spacial score (nSPS) is 11.9. The number of carbonyl (C=O) groups is 2. The fourth-order valence-electron chi connectivity index (χ4n) is 2.42. The second-order valence-electron chi connectivity index (χ2n) is 5.48. The first-order valence-corrected chi connectivity index (χ1v) is 7.69. The van der Waals surface area contributed by atoms with Gasteiger partial charge in [-0.3, -0.25) is 14.3 Å². The van der Waals surface area contributed by atoms with Gasteiger partial charge in [-0.25, -0.2) is 0 Å². The van der Waals surface area contributed by atoms with Crippen LogP contribution in [0, 0.1) is 6.92 Å². The van der Waals surface area contributed by atoms with Crippen LogP contribution < -0.4 is 11.1 Å². The topological polar surface area (TPSA) is 90.0 Å². The van der Waals surface area contributed by atoms with Crippen LogP contribution in [0.15, 0.2) is 36.5 Å². The molecule has 0 bridgehead atoms. The van der Waals surface area contributed by atoms with Crippen LogP contribution in [0.2, 0.25) is 0 Å². The van der Waals surface area contributed by atoms with Crippen LogP contribution in [0.25, 0.3) is 0 Å². The predicted molar refractivity (Wildman–Crippen MR) is 87.8 cm³/mol. The lowest BCUT2D eigenvalue weighted by Gasteiger charge is -2.15. The number of nitrogens with one attached hydrogen (secondary N) is 1. The minimum atomic E-state index is -0.751. The van der Waals surface area contributed by atoms with Crippen molar-refractivity contribution in [2.24, 2.45) is 5.73 Å². The smallest absolute Gasteiger partial charge is 0.255 e. The van der Waals surface area contributed by atoms with Crippen molar-refractivity contribution in [1.29, 1.82) is 0 Å². The van der Waals surface area contributed by atoms with Gasteiger partial charge < -0.3 is 11.1 Å². The van der Waals surface area contributed by atoms with Gasteiger partial charge in [-0.05, 0) is 18.9 Å². The Balaban J connectivity index is 2.11. The molecule has 0 aliphatic carbocycles. The van der Waals surface area contributed by atoms with Crippen LogP contribution in [-0.4, -0.2) is 27.6 Å². The summed E-state index contributed by atoms with van der Waals surface area (Å²) in [4.78, 5) is 24.1. The van der Waals surface area contributed by atoms with Gasteiger partial charge in [-0.2, -0.15) is 5.10 Å². The quantitative estimate of drug-likeness (QED) is 0.810. The van der Waals surface area contributed by atoms with E-state index in [-0.39, 0.29) is 5.91 Å². The standard InChI is InChI=1S/C17H22N4O2/c1-3-9-21-12(2)14(11-19-21)17(23)20-15(16(18)22)10-13-7-5-4-6-8-13/h4-8,11,15H,3,9-10H2,1-2H3,(H2,18,22)(H,20,23)/t15-/m0/s1. The minimum Gasteiger partial charge on any atom is -0.368 e. The summed E-state index contributed by atoms with van der Waals surface area (Å²) in [6, 6.07) is 8.70. The van der Waals surface area contributed by atoms with Gasteiger partial charge >= 0.3 is 0 Å². The highest BCUT2D eigenvalue weighted by Crippen LogP contribution is 2.09. The van der Waals surface area contributed by atoms with Crippen LogP contribution in [0.3, 0.4) is 0 Å². The van der Waals surface area contributed by atoms with E-state index in [9.17, 15) is 9.59 Å². The lowest BCUT2D eigenvalue weighted by molar-refractivity contribution is -0.119. The molecule has 1 heterocycles. The molecule has 1 atom stereocenters. The van der Waals surface area contributed by atoms with E-state index < -0.39 is 11.9 Å². The summed E-state index contributed by atoms with van der Waals surface area (Å²) in [5, 5.41) is 6.91. The van der Waals surface area contributed by atoms with Crippen LogP contribution in [0.4, 0.5) is 0 Å². The highest BCUT2D eigenvalue weighted by atomic mass is 16.2. The van der Waals surface area contributed by atoms with Crippen molar-refractivity contribution in [1.82, 2.24) is 15.1 Å². The van der Waals surface area contributed by atoms with Gasteiger partial charge in [-0.15, -0.1) is 0 Å². The van der Waals surface area contributed by atoms with Crippen molar-refractivity contribution in [2.75, 3.05) is 0 Å². The summed E-state index contributed by atoms with van der Waals surface area (Å²) >= 11 is 0. The number of rotatable bonds is 7. The van der Waals surface area contributed by atoms with E-state index in [1.807, 2.05) is 44.2 Å². The number of amides is 2. The number of benzene rings is 1. The van der Waals surface area contributed by atoms with E-state index in [2.05, 4.69) is 10.4 Å². The van der Waals surface area contributed by atoms with E-state index in [1.165, 1.54) is 6.20 Å². The Labute approximate surface area is 135 Å². The number of hydrogen-bond acceptors (Lipinski definition) is 3. The molecule has 2 aromatic rings. The zero-order valence-electron chi connectivity index (χ0n) is 13.5. The molecule has 6 heteroatoms. The van der Waals surface area contributed by atoms with E-state index in [4.69, 9.17) is 5.73 Å². The third-order valence-corrected chi connectivity index (χ3v) is 3.71. The molecular weight excluding hydrogens is 292 g/mol. The fraction of sp³-hybridized carbons (Fsp3) is 0.353. The minimum absolute atomic E-state index is 0.329. The highest BCUT2D eigenvalue weighted by molar-refractivity contribution is 5.98. The molecule has 3 N–H and O–H groups in total. The van der Waals surface area contributed by atoms with E-state index in [1.54, 1.807) is 4.68 Å². The molecule has 0 aliphatic heterocycles. The van der Waals surface area contributed by atoms with Gasteiger partial charge in [0, 0.05) is 18.7 Å². The molecule has 0 saturated carbocycles. The lowest BCUT2D eigenvalue weighted by Crippen LogP contribution is -2.46. The number of hydrogen-bond donors (Lipinski definition) is 2. The second-order valence-corrected chi connectivity index (χ2v) is 5.48. The average molecular weight is 314 g/mol. The SMILES string of the molecule is CCCn1ncc(C(=O)N[C@@H](Cc2ccccc2)C(N)=O)c1C. The molecule has 0 aliphatic rings. The van der Waals surface area contributed by atoms with Crippen LogP contribution in [-0.2, 0) is 17.8 Å². The molecule has 0 unspecified atom stereocenters. The summed E-state index contributed by atoms with van der Waals surface area (Å²) in [6.07, 6.45) is 2.83. The van der Waals surface area contributed by atoms with Gasteiger partial charge in [0.15, 0.2) is 0 Å². The zero-order valence-corrected chi connectivity index (χ0v) is 13.5. The number of primary amides is 1. The Morgan fingerprint density at radius 3 is 2.61 bits per heavy atom. The molecule has 6 nitrogen and oxygen atoms in total. The summed E-state index contributed by atoms with van der Waals surface area (Å²) in [5.74, 6) is -0.884. The Morgan fingerprint density at radius 2 is 2.00 bits per heavy atom. The van der Waals surface area contributed by atoms with Gasteiger partial charge in [0.05, 0.1) is 11.8 Å². The first kappa shape index (κ1) is 16.7. The maximum Gasteiger partial charge on any atom is 0.255 e. The maximum atomic E-state index is 12.4. The number of nitrogens with zero attached hydrogens (tertiary/aromatic N) is 2. The molecule has 2 rings (SSSR count). The molecular formula is C17H22N4O2. The van der Waals surface area contributed by atoms with Gasteiger partial charge in [0.2, 0.25) is 5.91 Å². The summed E-state index contributed by atoms with van der Waals surface area (Å²) in [7, 11) is 0. The summed E-state index contributed by atoms with van der Waals surface area (Å²) in [6.45, 7) is 4.64. The largest absolute Gasteiger partial charge is 0.368 e. The third kappa shape index (κ3) is 4.18. The van der Waals surface area contributed by atoms with Crippen molar-refractivity contribution in [3.8, 4) is 0 Å². The first-order valence-electron chi connectivity index (χ1n) is 7.69. The van der Waals surface area contributed by atoms with Crippen LogP contribution in [0.5, 0.6) is 0 Å². The Kier molecular flexibility index (Phi) is 5.51. The van der Waals surface area contributed by atoms with E-state index in [0.717, 1.165) is 24.2 Å². The van der Waals surface area contributed by atoms with Gasteiger partial charge in [0.25, 0.3) is 5.91 Å². The predicted octanol–water partition coefficient (Wildman–Crippen LogP) is 1.43. The van der Waals surface area contributed by atoms with Gasteiger partial charge in [-0.1, -0.05) is 37.3 Å². The summed E-state index contributed by atoms with van der Waals surface area (Å²) in [5.41, 5.74) is 7.62. The molecule has 1 aromatic carbocycles. The second kappa shape index (κ2) is 7.58. The average Bonchev–Trinajstić information content (AvgIpc) is 2.89. The molecule has 0 spiro atoms. The molecule has 2 amide bonds. The Morgan fingerprint density at radius 1 is 1.30 bits per heavy atom. The van der Waals surface area contributed by atoms with Crippen molar-refractivity contribution < 1.29 is 9.59 Å². The number of carbonyl (C=O) groups excluding carboxylic acids is 2. The number of aryl methyl sites for hydroxylation is 1. The van der Waals surface area contributed by atoms with Crippen molar-refractivity contribution in [2.45, 2.75) is 39.3 Å². The molecule has 0 fully saturated rings. The van der Waals surface area contributed by atoms with Gasteiger partial charge in [0.1, 0.15) is 6.04 Å². The number of aromatic nitrogens is 2. The molecule has 23 heavy (non-hydrogen) atoms. The van der Waals surface area contributed by atoms with E-state index in [0.29, 0.717) is 12.0 Å². The Hall–Kier alpha value is -2.63. The van der Waals surface area contributed by atoms with Crippen molar-refractivity contribution >= 4 is 11.8 Å². The molecule has 122 valence electrons. The first-order chi connectivity index (χ1) is 11.0. The van der Waals surface area contributed by atoms with Crippen molar-refractivity contribution in [3.63, 3.8) is 0 Å².